The summed E-state index contributed by atoms with van der Waals surface area (Å²) in [5.41, 5.74) is 4.19. The monoisotopic (exact) mass is 316 g/mol. The van der Waals surface area contributed by atoms with Crippen molar-refractivity contribution in [2.24, 2.45) is 5.16 Å². The van der Waals surface area contributed by atoms with Crippen LogP contribution in [0.4, 0.5) is 18.3 Å². The van der Waals surface area contributed by atoms with Crippen LogP contribution in [-0.4, -0.2) is 21.4 Å². The number of hydrogen-bond donors (Lipinski definition) is 1. The molecule has 2 aromatic rings. The fraction of sp³-hybridized carbons (Fsp3) is 0.0909. The molecule has 0 aliphatic heterocycles. The third-order valence-corrected chi connectivity index (χ3v) is 2.74. The Bertz CT molecular complexity index is 684. The number of halogens is 3. The van der Waals surface area contributed by atoms with E-state index in [2.05, 4.69) is 14.5 Å². The van der Waals surface area contributed by atoms with Gasteiger partial charge >= 0.3 is 6.18 Å². The van der Waals surface area contributed by atoms with Gasteiger partial charge in [-0.1, -0.05) is 11.2 Å². The fourth-order valence-electron chi connectivity index (χ4n) is 1.29. The molecule has 1 aromatic carbocycles. The minimum Gasteiger partial charge on any atom is -0.374 e. The Labute approximate surface area is 120 Å². The summed E-state index contributed by atoms with van der Waals surface area (Å²) in [5.74, 6) is -0.230. The number of nitrogens with zero attached hydrogens (tertiary/aromatic N) is 3. The van der Waals surface area contributed by atoms with Crippen molar-refractivity contribution < 1.29 is 22.8 Å². The topological polar surface area (TPSA) is 90.5 Å². The summed E-state index contributed by atoms with van der Waals surface area (Å²) >= 11 is 0.848. The summed E-state index contributed by atoms with van der Waals surface area (Å²) < 4.78 is 41.3. The molecule has 2 N–H and O–H groups in total. The van der Waals surface area contributed by atoms with E-state index in [0.29, 0.717) is 6.29 Å². The molecule has 0 saturated heterocycles. The first kappa shape index (κ1) is 14.9. The van der Waals surface area contributed by atoms with Crippen molar-refractivity contribution in [3.05, 3.63) is 35.7 Å². The molecular weight excluding hydrogens is 309 g/mol. The second-order valence-corrected chi connectivity index (χ2v) is 4.45. The Morgan fingerprint density at radius 2 is 2.19 bits per heavy atom. The lowest BCUT2D eigenvalue weighted by molar-refractivity contribution is -0.137. The first-order valence-electron chi connectivity index (χ1n) is 5.37. The van der Waals surface area contributed by atoms with Crippen LogP contribution in [-0.2, 0) is 11.0 Å². The molecule has 10 heteroatoms. The van der Waals surface area contributed by atoms with E-state index in [9.17, 15) is 18.0 Å². The molecule has 0 aliphatic rings. The molecule has 0 saturated carbocycles. The van der Waals surface area contributed by atoms with E-state index in [4.69, 9.17) is 10.6 Å². The molecule has 0 spiro atoms. The van der Waals surface area contributed by atoms with Crippen molar-refractivity contribution >= 4 is 28.7 Å². The molecule has 0 unspecified atom stereocenters. The molecule has 0 fully saturated rings. The highest BCUT2D eigenvalue weighted by Gasteiger charge is 2.30. The Balaban J connectivity index is 2.21. The maximum Gasteiger partial charge on any atom is 0.416 e. The molecule has 21 heavy (non-hydrogen) atoms. The number of oxime groups is 1. The summed E-state index contributed by atoms with van der Waals surface area (Å²) in [6.07, 6.45) is -4.18. The zero-order valence-electron chi connectivity index (χ0n) is 10.2. The predicted octanol–water partition coefficient (Wildman–Crippen LogP) is 2.12. The number of benzene rings is 1. The normalized spacial score (nSPS) is 12.2. The van der Waals surface area contributed by atoms with E-state index in [1.165, 1.54) is 6.07 Å². The highest BCUT2D eigenvalue weighted by atomic mass is 32.1. The molecule has 1 aromatic heterocycles. The van der Waals surface area contributed by atoms with Gasteiger partial charge in [0.05, 0.1) is 5.56 Å². The second-order valence-electron chi connectivity index (χ2n) is 3.67. The summed E-state index contributed by atoms with van der Waals surface area (Å²) in [4.78, 5) is 19.4. The van der Waals surface area contributed by atoms with Gasteiger partial charge in [-0.25, -0.2) is 0 Å². The quantitative estimate of drug-likeness (QED) is 0.530. The summed E-state index contributed by atoms with van der Waals surface area (Å²) in [7, 11) is 0. The predicted molar refractivity (Wildman–Crippen MR) is 69.0 cm³/mol. The number of alkyl halides is 3. The van der Waals surface area contributed by atoms with E-state index in [1.54, 1.807) is 0 Å². The zero-order valence-corrected chi connectivity index (χ0v) is 11.0. The second kappa shape index (κ2) is 5.87. The number of nitrogen functional groups attached to an aromatic ring is 1. The van der Waals surface area contributed by atoms with Crippen LogP contribution in [0, 0.1) is 0 Å². The first-order chi connectivity index (χ1) is 9.90. The zero-order chi connectivity index (χ0) is 15.5. The molecule has 0 amide bonds. The minimum absolute atomic E-state index is 0.0560. The third-order valence-electron chi connectivity index (χ3n) is 2.19. The van der Waals surface area contributed by atoms with E-state index in [1.807, 2.05) is 0 Å². The largest absolute Gasteiger partial charge is 0.416 e. The minimum atomic E-state index is -4.50. The average molecular weight is 316 g/mol. The molecule has 1 heterocycles. The van der Waals surface area contributed by atoms with Gasteiger partial charge in [0.15, 0.2) is 28.7 Å². The van der Waals surface area contributed by atoms with Crippen LogP contribution in [0.2, 0.25) is 0 Å². The van der Waals surface area contributed by atoms with Crippen LogP contribution in [0.1, 0.15) is 11.4 Å². The van der Waals surface area contributed by atoms with Crippen LogP contribution in [0.25, 0.3) is 0 Å². The van der Waals surface area contributed by atoms with E-state index < -0.39 is 11.7 Å². The number of nitrogens with two attached hydrogens (primary N) is 1. The van der Waals surface area contributed by atoms with Gasteiger partial charge in [0.1, 0.15) is 0 Å². The number of hydrogen-bond acceptors (Lipinski definition) is 7. The number of carbonyl (C=O) groups excluding carboxylic acids is 1. The smallest absolute Gasteiger partial charge is 0.374 e. The van der Waals surface area contributed by atoms with Gasteiger partial charge in [0, 0.05) is 11.5 Å². The SMILES string of the molecule is Nc1nc(/C(C=O)=N/Oc2cccc(C(F)(F)F)c2)ns1. The van der Waals surface area contributed by atoms with E-state index in [-0.39, 0.29) is 22.4 Å². The number of aldehydes is 1. The van der Waals surface area contributed by atoms with E-state index in [0.717, 1.165) is 29.7 Å². The van der Waals surface area contributed by atoms with Crippen LogP contribution in [0.5, 0.6) is 5.75 Å². The number of carbonyl (C=O) groups is 1. The number of aromatic nitrogens is 2. The van der Waals surface area contributed by atoms with Crippen molar-refractivity contribution in [1.82, 2.24) is 9.36 Å². The standard InChI is InChI=1S/C11H7F3N4O2S/c12-11(13,14)6-2-1-3-7(4-6)20-17-8(5-19)9-16-10(15)21-18-9/h1-5H,(H2,15,16,18)/b17-8+. The Morgan fingerprint density at radius 1 is 1.43 bits per heavy atom. The molecule has 110 valence electrons. The number of rotatable bonds is 4. The van der Waals surface area contributed by atoms with Crippen molar-refractivity contribution in [3.63, 3.8) is 0 Å². The average Bonchev–Trinajstić information content (AvgIpc) is 2.85. The highest BCUT2D eigenvalue weighted by Crippen LogP contribution is 2.31. The lowest BCUT2D eigenvalue weighted by Crippen LogP contribution is -2.08. The van der Waals surface area contributed by atoms with Crippen molar-refractivity contribution in [2.75, 3.05) is 5.73 Å². The maximum absolute atomic E-state index is 12.5. The summed E-state index contributed by atoms with van der Waals surface area (Å²) in [6.45, 7) is 0. The maximum atomic E-state index is 12.5. The van der Waals surface area contributed by atoms with Gasteiger partial charge < -0.3 is 10.6 Å². The number of anilines is 1. The molecule has 2 rings (SSSR count). The molecule has 0 atom stereocenters. The molecule has 0 aliphatic carbocycles. The van der Waals surface area contributed by atoms with Gasteiger partial charge in [0.2, 0.25) is 0 Å². The molecule has 0 bridgehead atoms. The van der Waals surface area contributed by atoms with Crippen molar-refractivity contribution in [3.8, 4) is 5.75 Å². The van der Waals surface area contributed by atoms with Gasteiger partial charge in [-0.05, 0) is 18.2 Å². The van der Waals surface area contributed by atoms with Gasteiger partial charge in [-0.2, -0.15) is 22.5 Å². The van der Waals surface area contributed by atoms with Crippen LogP contribution >= 0.6 is 11.5 Å². The van der Waals surface area contributed by atoms with Gasteiger partial charge in [0.25, 0.3) is 0 Å². The lowest BCUT2D eigenvalue weighted by Gasteiger charge is -2.07. The van der Waals surface area contributed by atoms with Crippen molar-refractivity contribution in [1.29, 1.82) is 0 Å². The van der Waals surface area contributed by atoms with Gasteiger partial charge in [-0.15, -0.1) is 0 Å². The highest BCUT2D eigenvalue weighted by molar-refractivity contribution is 7.09. The first-order valence-corrected chi connectivity index (χ1v) is 6.14. The Morgan fingerprint density at radius 3 is 2.76 bits per heavy atom. The van der Waals surface area contributed by atoms with Crippen LogP contribution in [0.15, 0.2) is 29.4 Å². The van der Waals surface area contributed by atoms with Crippen LogP contribution < -0.4 is 10.6 Å². The third kappa shape index (κ3) is 3.75. The van der Waals surface area contributed by atoms with E-state index >= 15 is 0 Å². The molecular formula is C11H7F3N4O2S. The fourth-order valence-corrected chi connectivity index (χ4v) is 1.73. The summed E-state index contributed by atoms with van der Waals surface area (Å²) in [6, 6.07) is 4.08. The lowest BCUT2D eigenvalue weighted by atomic mass is 10.2. The van der Waals surface area contributed by atoms with Crippen molar-refractivity contribution in [2.45, 2.75) is 6.18 Å². The summed E-state index contributed by atoms with van der Waals surface area (Å²) in [5, 5.41) is 3.55. The van der Waals surface area contributed by atoms with Crippen LogP contribution in [0.3, 0.4) is 0 Å². The Kier molecular flexibility index (Phi) is 4.17. The Hall–Kier alpha value is -2.49. The molecule has 6 nitrogen and oxygen atoms in total. The molecule has 0 radical (unpaired) electrons. The van der Waals surface area contributed by atoms with Gasteiger partial charge in [-0.3, -0.25) is 4.79 Å².